The molecule has 0 radical (unpaired) electrons. The summed E-state index contributed by atoms with van der Waals surface area (Å²) in [5.74, 6) is 0. The Balaban J connectivity index is 0. The summed E-state index contributed by atoms with van der Waals surface area (Å²) in [5, 5.41) is 9.52. The van der Waals surface area contributed by atoms with E-state index in [2.05, 4.69) is 20.7 Å². The summed E-state index contributed by atoms with van der Waals surface area (Å²) in [7, 11) is -3.48. The van der Waals surface area contributed by atoms with Gasteiger partial charge in [-0.05, 0) is 98.4 Å². The van der Waals surface area contributed by atoms with E-state index in [1.165, 1.54) is 4.91 Å². The van der Waals surface area contributed by atoms with E-state index < -0.39 is 44.6 Å². The molecule has 2 aliphatic carbocycles. The Labute approximate surface area is 307 Å². The van der Waals surface area contributed by atoms with Crippen LogP contribution in [-0.4, -0.2) is 86.7 Å². The van der Waals surface area contributed by atoms with Crippen LogP contribution in [0.1, 0.15) is 108 Å². The monoisotopic (exact) mass is 714 g/mol. The predicted molar refractivity (Wildman–Crippen MR) is 177 cm³/mol. The number of carbonyl (C=O) groups excluding carboxylic acids is 2. The van der Waals surface area contributed by atoms with Crippen LogP contribution in [0, 0.1) is 0 Å². The van der Waals surface area contributed by atoms with Gasteiger partial charge in [-0.25, -0.2) is 9.59 Å². The third-order valence-electron chi connectivity index (χ3n) is 8.04. The number of fused-ring (bicyclic) bond motifs is 6. The molecule has 0 spiro atoms. The molecule has 2 amide bonds. The largest absolute Gasteiger partial charge is 1.00 e. The molecule has 0 aromatic carbocycles. The quantitative estimate of drug-likeness (QED) is 0.128. The van der Waals surface area contributed by atoms with E-state index >= 15 is 0 Å². The fourth-order valence-corrected chi connectivity index (χ4v) is 6.08. The van der Waals surface area contributed by atoms with Crippen LogP contribution in [0.2, 0.25) is 0 Å². The second-order valence-electron chi connectivity index (χ2n) is 14.2. The standard InChI is InChI=1S/C14H25NO6S.C13H22N4O3.2CH4.N3.Na/c1-12(2,3)21-11(16)15-13-5-7-14(8-6-13,19-9-13)10-20-22(4,17)18;1-11(2,3)20-10(18)16-12-4-6-13(7-5-12,19-9-12)8-15-17-14;;;1-3-2;/h5-10H2,1-4H3,(H,15,16);4-9H2,1-3H3,(H,16,18);2*1H4;;/q;;;;-1;+1. The normalized spacial score (nSPS) is 28.2. The SMILES string of the molecule is C.C.CC(C)(C)OC(=O)NC12CCC(CN=[N+]=[N-])(CC1)OC2.CC(C)(C)OC(=O)NC12CCC(COS(C)(=O)=O)(CC1)OC2.[N-]=[N+]=[N-].[Na+]. The Kier molecular flexibility index (Phi) is 18.9. The van der Waals surface area contributed by atoms with E-state index in [1.807, 2.05) is 41.5 Å². The molecule has 6 aliphatic rings. The minimum atomic E-state index is -3.48. The second-order valence-corrected chi connectivity index (χ2v) is 15.8. The molecular formula is C29H55N8NaO9S. The molecule has 48 heavy (non-hydrogen) atoms. The first-order valence-corrected chi connectivity index (χ1v) is 16.6. The first-order chi connectivity index (χ1) is 20.6. The zero-order valence-corrected chi connectivity index (χ0v) is 31.1. The fourth-order valence-electron chi connectivity index (χ4n) is 5.66. The first kappa shape index (κ1) is 48.1. The fraction of sp³-hybridized carbons (Fsp3) is 0.931. The number of hydrogen-bond acceptors (Lipinski definition) is 10. The van der Waals surface area contributed by atoms with Crippen molar-refractivity contribution in [3.63, 3.8) is 0 Å². The van der Waals surface area contributed by atoms with Crippen LogP contribution in [0.5, 0.6) is 0 Å². The summed E-state index contributed by atoms with van der Waals surface area (Å²) in [6, 6.07) is 0. The molecule has 0 aromatic heterocycles. The molecule has 2 N–H and O–H groups in total. The van der Waals surface area contributed by atoms with Crippen molar-refractivity contribution in [1.82, 2.24) is 10.6 Å². The summed E-state index contributed by atoms with van der Waals surface area (Å²) in [5.41, 5.74) is 19.2. The molecule has 4 bridgehead atoms. The average Bonchev–Trinajstić information content (AvgIpc) is 2.91. The number of carbonyl (C=O) groups is 2. The first-order valence-electron chi connectivity index (χ1n) is 14.8. The summed E-state index contributed by atoms with van der Waals surface area (Å²) in [6.07, 6.45) is 6.17. The van der Waals surface area contributed by atoms with E-state index in [0.29, 0.717) is 32.6 Å². The van der Waals surface area contributed by atoms with E-state index in [-0.39, 0.29) is 62.2 Å². The van der Waals surface area contributed by atoms with Gasteiger partial charge in [-0.15, -0.1) is 0 Å². The number of azide groups is 1. The van der Waals surface area contributed by atoms with Gasteiger partial charge in [-0.3, -0.25) is 9.09 Å². The summed E-state index contributed by atoms with van der Waals surface area (Å²) < 4.78 is 49.5. The zero-order valence-electron chi connectivity index (χ0n) is 28.3. The van der Waals surface area contributed by atoms with Gasteiger partial charge in [0.1, 0.15) is 11.2 Å². The van der Waals surface area contributed by atoms with Crippen molar-refractivity contribution in [3.8, 4) is 0 Å². The summed E-state index contributed by atoms with van der Waals surface area (Å²) >= 11 is 0. The van der Waals surface area contributed by atoms with Gasteiger partial charge in [0.15, 0.2) is 0 Å². The van der Waals surface area contributed by atoms with Crippen LogP contribution < -0.4 is 40.2 Å². The topological polar surface area (TPSA) is 246 Å². The van der Waals surface area contributed by atoms with Gasteiger partial charge in [0, 0.05) is 4.91 Å². The molecule has 17 nitrogen and oxygen atoms in total. The second kappa shape index (κ2) is 18.8. The summed E-state index contributed by atoms with van der Waals surface area (Å²) in [4.78, 5) is 28.2. The molecule has 19 heteroatoms. The number of rotatable bonds is 7. The number of nitrogens with zero attached hydrogens (tertiary/aromatic N) is 6. The summed E-state index contributed by atoms with van der Waals surface area (Å²) in [6.45, 7) is 12.2. The van der Waals surface area contributed by atoms with Crippen LogP contribution in [0.25, 0.3) is 26.4 Å². The Morgan fingerprint density at radius 3 is 1.40 bits per heavy atom. The van der Waals surface area contributed by atoms with Crippen molar-refractivity contribution in [2.45, 2.75) is 141 Å². The van der Waals surface area contributed by atoms with Crippen LogP contribution in [0.15, 0.2) is 5.11 Å². The number of hydrogen-bond donors (Lipinski definition) is 2. The number of nitrogens with one attached hydrogen (secondary N) is 2. The van der Waals surface area contributed by atoms with Crippen LogP contribution in [-0.2, 0) is 33.2 Å². The molecule has 0 aromatic rings. The Bertz CT molecular complexity index is 1210. The van der Waals surface area contributed by atoms with E-state index in [4.69, 9.17) is 39.7 Å². The minimum absolute atomic E-state index is 0. The molecule has 0 unspecified atom stereocenters. The van der Waals surface area contributed by atoms with Gasteiger partial charge < -0.3 is 40.6 Å². The van der Waals surface area contributed by atoms with Gasteiger partial charge in [-0.1, -0.05) is 20.0 Å². The minimum Gasteiger partial charge on any atom is -0.444 e. The Morgan fingerprint density at radius 2 is 1.12 bits per heavy atom. The van der Waals surface area contributed by atoms with Gasteiger partial charge in [0.25, 0.3) is 10.1 Å². The van der Waals surface area contributed by atoms with Crippen molar-refractivity contribution in [2.24, 2.45) is 5.11 Å². The molecular weight excluding hydrogens is 659 g/mol. The van der Waals surface area contributed by atoms with Gasteiger partial charge in [-0.2, -0.15) is 8.42 Å². The van der Waals surface area contributed by atoms with Crippen LogP contribution in [0.4, 0.5) is 9.59 Å². The maximum absolute atomic E-state index is 12.0. The molecule has 6 fully saturated rings. The van der Waals surface area contributed by atoms with Gasteiger partial charge >= 0.3 is 41.7 Å². The Hall–Kier alpha value is -2.01. The molecule has 0 atom stereocenters. The predicted octanol–water partition coefficient (Wildman–Crippen LogP) is 3.61. The van der Waals surface area contributed by atoms with Crippen LogP contribution in [0.3, 0.4) is 0 Å². The number of alkyl carbamates (subject to hydrolysis) is 2. The maximum atomic E-state index is 12.0. The van der Waals surface area contributed by atoms with Crippen molar-refractivity contribution in [3.05, 3.63) is 26.4 Å². The third kappa shape index (κ3) is 15.7. The zero-order chi connectivity index (χ0) is 34.2. The smallest absolute Gasteiger partial charge is 0.444 e. The van der Waals surface area contributed by atoms with Crippen LogP contribution >= 0.6 is 0 Å². The maximum Gasteiger partial charge on any atom is 1.00 e. The van der Waals surface area contributed by atoms with Crippen molar-refractivity contribution < 1.29 is 70.7 Å². The van der Waals surface area contributed by atoms with Crippen molar-refractivity contribution >= 4 is 22.3 Å². The van der Waals surface area contributed by atoms with Gasteiger partial charge in [0.05, 0.1) is 54.9 Å². The van der Waals surface area contributed by atoms with Crippen molar-refractivity contribution in [1.29, 1.82) is 0 Å². The van der Waals surface area contributed by atoms with E-state index in [9.17, 15) is 18.0 Å². The van der Waals surface area contributed by atoms with E-state index in [0.717, 1.165) is 44.8 Å². The van der Waals surface area contributed by atoms with Gasteiger partial charge in [0.2, 0.25) is 0 Å². The molecule has 4 aliphatic heterocycles. The third-order valence-corrected chi connectivity index (χ3v) is 8.58. The van der Waals surface area contributed by atoms with E-state index in [1.54, 1.807) is 0 Å². The number of ether oxygens (including phenoxy) is 4. The van der Waals surface area contributed by atoms with Crippen molar-refractivity contribution in [2.75, 3.05) is 32.6 Å². The molecule has 4 saturated heterocycles. The molecule has 272 valence electrons. The number of amides is 2. The molecule has 6 rings (SSSR count). The average molecular weight is 715 g/mol. The Morgan fingerprint density at radius 1 is 0.771 bits per heavy atom. The molecule has 2 saturated carbocycles. The molecule has 4 heterocycles.